The summed E-state index contributed by atoms with van der Waals surface area (Å²) in [5, 5.41) is 4.72. The lowest BCUT2D eigenvalue weighted by Gasteiger charge is -2.42. The molecular weight excluding hydrogens is 240 g/mol. The number of nitrogens with zero attached hydrogens (tertiary/aromatic N) is 1. The molecule has 3 rings (SSSR count). The highest BCUT2D eigenvalue weighted by Gasteiger charge is 2.37. The quantitative estimate of drug-likeness (QED) is 0.844. The number of hydrogen-bond donors (Lipinski definition) is 1. The zero-order valence-corrected chi connectivity index (χ0v) is 12.6. The molecule has 0 aromatic carbocycles. The summed E-state index contributed by atoms with van der Waals surface area (Å²) in [5.74, 6) is 2.41. The molecule has 1 N–H and O–H groups in total. The molecule has 1 saturated carbocycles. The maximum atomic E-state index is 3.80. The van der Waals surface area contributed by atoms with Gasteiger partial charge in [0.1, 0.15) is 0 Å². The highest BCUT2D eigenvalue weighted by Crippen LogP contribution is 2.35. The molecule has 0 aromatic heterocycles. The minimum Gasteiger partial charge on any atom is -0.311 e. The van der Waals surface area contributed by atoms with Gasteiger partial charge < -0.3 is 5.32 Å². The lowest BCUT2D eigenvalue weighted by atomic mass is 10.0. The van der Waals surface area contributed by atoms with Crippen molar-refractivity contribution in [3.8, 4) is 0 Å². The van der Waals surface area contributed by atoms with E-state index in [9.17, 15) is 0 Å². The molecule has 0 spiro atoms. The van der Waals surface area contributed by atoms with E-state index in [1.165, 1.54) is 63.9 Å². The van der Waals surface area contributed by atoms with Crippen LogP contribution in [0.3, 0.4) is 0 Å². The Morgan fingerprint density at radius 2 is 2.11 bits per heavy atom. The van der Waals surface area contributed by atoms with Crippen molar-refractivity contribution in [2.24, 2.45) is 5.92 Å². The van der Waals surface area contributed by atoms with Gasteiger partial charge in [-0.2, -0.15) is 11.8 Å². The number of nitrogens with one attached hydrogen (secondary N) is 1. The van der Waals surface area contributed by atoms with Crippen LogP contribution in [0.25, 0.3) is 0 Å². The fourth-order valence-electron chi connectivity index (χ4n) is 3.54. The first kappa shape index (κ1) is 13.3. The van der Waals surface area contributed by atoms with Crippen molar-refractivity contribution in [2.45, 2.75) is 62.8 Å². The number of rotatable bonds is 4. The first-order valence-corrected chi connectivity index (χ1v) is 9.00. The van der Waals surface area contributed by atoms with E-state index >= 15 is 0 Å². The summed E-state index contributed by atoms with van der Waals surface area (Å²) in [7, 11) is 0. The van der Waals surface area contributed by atoms with Gasteiger partial charge in [-0.25, -0.2) is 0 Å². The van der Waals surface area contributed by atoms with Crippen LogP contribution in [-0.4, -0.2) is 47.6 Å². The van der Waals surface area contributed by atoms with Crippen LogP contribution in [0.4, 0.5) is 0 Å². The Hall–Kier alpha value is 0.270. The summed E-state index contributed by atoms with van der Waals surface area (Å²) in [6.07, 6.45) is 8.62. The van der Waals surface area contributed by atoms with E-state index in [4.69, 9.17) is 0 Å². The maximum Gasteiger partial charge on any atom is 0.0224 e. The second-order valence-electron chi connectivity index (χ2n) is 6.36. The van der Waals surface area contributed by atoms with Crippen LogP contribution in [0.1, 0.15) is 45.4 Å². The lowest BCUT2D eigenvalue weighted by Crippen LogP contribution is -2.58. The average Bonchev–Trinajstić information content (AvgIpc) is 3.24. The Bertz CT molecular complexity index is 261. The minimum absolute atomic E-state index is 0.794. The molecule has 3 aliphatic rings. The Balaban J connectivity index is 1.55. The van der Waals surface area contributed by atoms with E-state index in [1.54, 1.807) is 0 Å². The van der Waals surface area contributed by atoms with Crippen LogP contribution in [-0.2, 0) is 0 Å². The number of thioether (sulfide) groups is 1. The predicted octanol–water partition coefficient (Wildman–Crippen LogP) is 2.73. The Kier molecular flexibility index (Phi) is 4.53. The van der Waals surface area contributed by atoms with E-state index in [-0.39, 0.29) is 0 Å². The molecule has 0 radical (unpaired) electrons. The van der Waals surface area contributed by atoms with E-state index in [2.05, 4.69) is 28.9 Å². The molecular formula is C15H28N2S. The maximum absolute atomic E-state index is 3.80. The molecule has 2 nitrogen and oxygen atoms in total. The van der Waals surface area contributed by atoms with Crippen LogP contribution in [0.2, 0.25) is 0 Å². The van der Waals surface area contributed by atoms with Crippen LogP contribution >= 0.6 is 11.8 Å². The van der Waals surface area contributed by atoms with Crippen molar-refractivity contribution in [2.75, 3.05) is 25.4 Å². The van der Waals surface area contributed by atoms with Gasteiger partial charge in [0.05, 0.1) is 0 Å². The normalized spacial score (nSPS) is 38.8. The summed E-state index contributed by atoms with van der Waals surface area (Å²) >= 11 is 2.23. The van der Waals surface area contributed by atoms with Gasteiger partial charge in [0.15, 0.2) is 0 Å². The fraction of sp³-hybridized carbons (Fsp3) is 1.00. The van der Waals surface area contributed by atoms with Crippen molar-refractivity contribution < 1.29 is 0 Å². The largest absolute Gasteiger partial charge is 0.311 e. The van der Waals surface area contributed by atoms with E-state index in [0.29, 0.717) is 0 Å². The predicted molar refractivity (Wildman–Crippen MR) is 80.3 cm³/mol. The van der Waals surface area contributed by atoms with Gasteiger partial charge in [-0.3, -0.25) is 4.90 Å². The van der Waals surface area contributed by atoms with E-state index < -0.39 is 0 Å². The zero-order valence-electron chi connectivity index (χ0n) is 11.7. The summed E-state index contributed by atoms with van der Waals surface area (Å²) in [4.78, 5) is 2.82. The molecule has 2 aliphatic heterocycles. The van der Waals surface area contributed by atoms with Gasteiger partial charge in [-0.15, -0.1) is 0 Å². The van der Waals surface area contributed by atoms with Gasteiger partial charge >= 0.3 is 0 Å². The molecule has 0 amide bonds. The average molecular weight is 268 g/mol. The van der Waals surface area contributed by atoms with Crippen LogP contribution in [0.15, 0.2) is 0 Å². The topological polar surface area (TPSA) is 15.3 Å². The van der Waals surface area contributed by atoms with Crippen molar-refractivity contribution in [1.29, 1.82) is 0 Å². The summed E-state index contributed by atoms with van der Waals surface area (Å²) in [6.45, 7) is 6.26. The smallest absolute Gasteiger partial charge is 0.0224 e. The minimum atomic E-state index is 0.794. The first-order chi connectivity index (χ1) is 8.86. The van der Waals surface area contributed by atoms with Crippen LogP contribution in [0, 0.1) is 5.92 Å². The molecule has 3 unspecified atom stereocenters. The highest BCUT2D eigenvalue weighted by molar-refractivity contribution is 7.99. The van der Waals surface area contributed by atoms with Gasteiger partial charge in [0.2, 0.25) is 0 Å². The summed E-state index contributed by atoms with van der Waals surface area (Å²) in [6, 6.07) is 1.60. The van der Waals surface area contributed by atoms with Crippen molar-refractivity contribution in [1.82, 2.24) is 10.2 Å². The third-order valence-corrected chi connectivity index (χ3v) is 6.32. The molecule has 1 aliphatic carbocycles. The molecule has 18 heavy (non-hydrogen) atoms. The third-order valence-electron chi connectivity index (χ3n) is 4.94. The zero-order chi connectivity index (χ0) is 12.4. The fourth-order valence-corrected chi connectivity index (χ4v) is 4.87. The molecule has 3 atom stereocenters. The van der Waals surface area contributed by atoms with Crippen molar-refractivity contribution in [3.05, 3.63) is 0 Å². The van der Waals surface area contributed by atoms with Gasteiger partial charge in [-0.05, 0) is 43.8 Å². The van der Waals surface area contributed by atoms with Gasteiger partial charge in [-0.1, -0.05) is 13.3 Å². The van der Waals surface area contributed by atoms with Crippen LogP contribution < -0.4 is 5.32 Å². The van der Waals surface area contributed by atoms with Gasteiger partial charge in [0, 0.05) is 37.0 Å². The molecule has 3 heteroatoms. The van der Waals surface area contributed by atoms with Crippen molar-refractivity contribution >= 4 is 11.8 Å². The SMILES string of the molecule is CCC1CNC(C2CC2)CN1CC1CCCCS1. The van der Waals surface area contributed by atoms with Crippen LogP contribution in [0.5, 0.6) is 0 Å². The molecule has 0 bridgehead atoms. The third kappa shape index (κ3) is 3.23. The second kappa shape index (κ2) is 6.15. The summed E-state index contributed by atoms with van der Waals surface area (Å²) in [5.41, 5.74) is 0. The molecule has 2 saturated heterocycles. The Labute approximate surface area is 116 Å². The Morgan fingerprint density at radius 1 is 1.22 bits per heavy atom. The summed E-state index contributed by atoms with van der Waals surface area (Å²) < 4.78 is 0. The monoisotopic (exact) mass is 268 g/mol. The Morgan fingerprint density at radius 3 is 2.78 bits per heavy atom. The van der Waals surface area contributed by atoms with E-state index in [1.807, 2.05) is 0 Å². The number of piperazine rings is 1. The highest BCUT2D eigenvalue weighted by atomic mass is 32.2. The number of hydrogen-bond acceptors (Lipinski definition) is 3. The molecule has 0 aromatic rings. The molecule has 104 valence electrons. The second-order valence-corrected chi connectivity index (χ2v) is 7.76. The molecule has 2 heterocycles. The lowest BCUT2D eigenvalue weighted by molar-refractivity contribution is 0.118. The molecule has 3 fully saturated rings. The van der Waals surface area contributed by atoms with Gasteiger partial charge in [0.25, 0.3) is 0 Å². The first-order valence-electron chi connectivity index (χ1n) is 7.96. The van der Waals surface area contributed by atoms with E-state index in [0.717, 1.165) is 23.3 Å². The van der Waals surface area contributed by atoms with Crippen molar-refractivity contribution in [3.63, 3.8) is 0 Å². The standard InChI is InChI=1S/C15H28N2S/c1-2-13-9-16-15(12-6-7-12)11-17(13)10-14-5-3-4-8-18-14/h12-16H,2-11H2,1H3.